The molecular weight excluding hydrogens is 200 g/mol. The normalized spacial score (nSPS) is 14.6. The predicted octanol–water partition coefficient (Wildman–Crippen LogP) is 2.02. The summed E-state index contributed by atoms with van der Waals surface area (Å²) < 4.78 is 0. The average molecular weight is 215 g/mol. The van der Waals surface area contributed by atoms with Crippen LogP contribution in [0, 0.1) is 13.6 Å². The van der Waals surface area contributed by atoms with E-state index in [9.17, 15) is 4.79 Å². The topological polar surface area (TPSA) is 23.6 Å². The molecule has 0 unspecified atom stereocenters. The summed E-state index contributed by atoms with van der Waals surface area (Å²) in [7, 11) is 1.94. The first kappa shape index (κ1) is 10.7. The highest BCUT2D eigenvalue weighted by Crippen LogP contribution is 2.12. The summed E-state index contributed by atoms with van der Waals surface area (Å²) in [6.07, 6.45) is 3.82. The number of benzene rings is 1. The Balaban J connectivity index is 2.04. The second-order valence-electron chi connectivity index (χ2n) is 3.99. The molecule has 0 atom stereocenters. The van der Waals surface area contributed by atoms with Crippen molar-refractivity contribution in [2.45, 2.75) is 6.92 Å². The third-order valence-electron chi connectivity index (χ3n) is 2.60. The zero-order chi connectivity index (χ0) is 11.5. The van der Waals surface area contributed by atoms with Crippen LogP contribution in [0.4, 0.5) is 0 Å². The third-order valence-corrected chi connectivity index (χ3v) is 2.60. The van der Waals surface area contributed by atoms with Crippen LogP contribution in [0.25, 0.3) is 0 Å². The van der Waals surface area contributed by atoms with Gasteiger partial charge < -0.3 is 9.80 Å². The Kier molecular flexibility index (Phi) is 2.95. The van der Waals surface area contributed by atoms with Crippen LogP contribution in [0.1, 0.15) is 15.9 Å². The van der Waals surface area contributed by atoms with Crippen molar-refractivity contribution in [3.05, 3.63) is 54.5 Å². The summed E-state index contributed by atoms with van der Waals surface area (Å²) >= 11 is 0. The summed E-state index contributed by atoms with van der Waals surface area (Å²) in [5, 5.41) is 0. The molecular formula is C13H15N2O. The smallest absolute Gasteiger partial charge is 0.182 e. The quantitative estimate of drug-likeness (QED) is 0.721. The largest absolute Gasteiger partial charge is 0.356 e. The maximum absolute atomic E-state index is 12.0. The molecule has 0 saturated heterocycles. The molecule has 0 spiro atoms. The van der Waals surface area contributed by atoms with E-state index in [1.165, 1.54) is 0 Å². The van der Waals surface area contributed by atoms with Crippen molar-refractivity contribution in [2.24, 2.45) is 0 Å². The summed E-state index contributed by atoms with van der Waals surface area (Å²) in [5.41, 5.74) is 1.84. The van der Waals surface area contributed by atoms with Crippen molar-refractivity contribution in [1.29, 1.82) is 0 Å². The Morgan fingerprint density at radius 3 is 2.62 bits per heavy atom. The number of carbonyl (C=O) groups excluding carboxylic acids is 1. The average Bonchev–Trinajstić information content (AvgIpc) is 2.64. The Bertz CT molecular complexity index is 426. The molecule has 83 valence electrons. The summed E-state index contributed by atoms with van der Waals surface area (Å²) in [4.78, 5) is 15.8. The lowest BCUT2D eigenvalue weighted by Gasteiger charge is -2.16. The number of hydrogen-bond donors (Lipinski definition) is 0. The van der Waals surface area contributed by atoms with Crippen molar-refractivity contribution in [3.63, 3.8) is 0 Å². The minimum atomic E-state index is 0.148. The van der Waals surface area contributed by atoms with E-state index in [0.717, 1.165) is 11.1 Å². The van der Waals surface area contributed by atoms with Crippen molar-refractivity contribution in [2.75, 3.05) is 13.6 Å². The van der Waals surface area contributed by atoms with Gasteiger partial charge in [-0.2, -0.15) is 0 Å². The molecule has 0 fully saturated rings. The fraction of sp³-hybridized carbons (Fsp3) is 0.231. The van der Waals surface area contributed by atoms with Gasteiger partial charge >= 0.3 is 0 Å². The van der Waals surface area contributed by atoms with E-state index in [4.69, 9.17) is 0 Å². The van der Waals surface area contributed by atoms with E-state index in [1.54, 1.807) is 0 Å². The molecule has 0 aromatic heterocycles. The Morgan fingerprint density at radius 2 is 2.00 bits per heavy atom. The standard InChI is InChI=1S/C13H15N2O/c1-11-5-3-4-6-12(11)13(16)9-15-8-7-14(2)10-15/h3-8,10H,9H2,1-2H3. The van der Waals surface area contributed by atoms with Gasteiger partial charge in [0.05, 0.1) is 6.54 Å². The number of carbonyl (C=O) groups is 1. The van der Waals surface area contributed by atoms with E-state index >= 15 is 0 Å². The molecule has 1 radical (unpaired) electrons. The van der Waals surface area contributed by atoms with Gasteiger partial charge in [0.1, 0.15) is 6.67 Å². The molecule has 3 heteroatoms. The van der Waals surface area contributed by atoms with Gasteiger partial charge in [0, 0.05) is 25.0 Å². The van der Waals surface area contributed by atoms with Crippen LogP contribution < -0.4 is 0 Å². The molecule has 0 amide bonds. The molecule has 1 aliphatic rings. The van der Waals surface area contributed by atoms with Crippen LogP contribution in [0.3, 0.4) is 0 Å². The van der Waals surface area contributed by atoms with Crippen LogP contribution in [-0.2, 0) is 0 Å². The molecule has 0 aliphatic carbocycles. The molecule has 0 N–H and O–H groups in total. The van der Waals surface area contributed by atoms with Gasteiger partial charge in [0.2, 0.25) is 0 Å². The van der Waals surface area contributed by atoms with Crippen LogP contribution in [-0.4, -0.2) is 29.2 Å². The number of hydrogen-bond acceptors (Lipinski definition) is 3. The highest BCUT2D eigenvalue weighted by Gasteiger charge is 2.15. The lowest BCUT2D eigenvalue weighted by Crippen LogP contribution is -2.24. The number of ketones is 1. The highest BCUT2D eigenvalue weighted by molar-refractivity contribution is 5.99. The van der Waals surface area contributed by atoms with Gasteiger partial charge in [-0.05, 0) is 12.5 Å². The van der Waals surface area contributed by atoms with E-state index in [2.05, 4.69) is 0 Å². The van der Waals surface area contributed by atoms with Crippen molar-refractivity contribution in [1.82, 2.24) is 9.80 Å². The van der Waals surface area contributed by atoms with E-state index in [1.807, 2.05) is 67.1 Å². The first-order valence-corrected chi connectivity index (χ1v) is 5.26. The van der Waals surface area contributed by atoms with E-state index in [0.29, 0.717) is 6.54 Å². The summed E-state index contributed by atoms with van der Waals surface area (Å²) in [5.74, 6) is 0.148. The van der Waals surface area contributed by atoms with Gasteiger partial charge in [-0.3, -0.25) is 4.79 Å². The van der Waals surface area contributed by atoms with Gasteiger partial charge in [-0.15, -0.1) is 0 Å². The molecule has 1 aliphatic heterocycles. The molecule has 1 aromatic rings. The van der Waals surface area contributed by atoms with Crippen LogP contribution >= 0.6 is 0 Å². The summed E-state index contributed by atoms with van der Waals surface area (Å²) in [6, 6.07) is 7.68. The molecule has 16 heavy (non-hydrogen) atoms. The summed E-state index contributed by atoms with van der Waals surface area (Å²) in [6.45, 7) is 4.25. The third kappa shape index (κ3) is 2.24. The number of rotatable bonds is 3. The molecule has 1 aromatic carbocycles. The molecule has 0 bridgehead atoms. The van der Waals surface area contributed by atoms with Crippen molar-refractivity contribution in [3.8, 4) is 0 Å². The number of aryl methyl sites for hydroxylation is 1. The van der Waals surface area contributed by atoms with Gasteiger partial charge in [-0.1, -0.05) is 24.3 Å². The first-order chi connectivity index (χ1) is 7.66. The van der Waals surface area contributed by atoms with Crippen molar-refractivity contribution < 1.29 is 4.79 Å². The van der Waals surface area contributed by atoms with Crippen LogP contribution in [0.15, 0.2) is 36.7 Å². The van der Waals surface area contributed by atoms with Crippen LogP contribution in [0.5, 0.6) is 0 Å². The fourth-order valence-electron chi connectivity index (χ4n) is 1.73. The van der Waals surface area contributed by atoms with Gasteiger partial charge in [0.15, 0.2) is 5.78 Å². The maximum Gasteiger partial charge on any atom is 0.182 e. The molecule has 0 saturated carbocycles. The lowest BCUT2D eigenvalue weighted by atomic mass is 10.0. The SMILES string of the molecule is Cc1ccccc1C(=O)CN1[CH]N(C)C=C1. The molecule has 3 nitrogen and oxygen atoms in total. The highest BCUT2D eigenvalue weighted by atomic mass is 16.1. The van der Waals surface area contributed by atoms with Crippen molar-refractivity contribution >= 4 is 5.78 Å². The minimum absolute atomic E-state index is 0.148. The van der Waals surface area contributed by atoms with Gasteiger partial charge in [-0.25, -0.2) is 0 Å². The Hall–Kier alpha value is -1.77. The van der Waals surface area contributed by atoms with E-state index < -0.39 is 0 Å². The zero-order valence-corrected chi connectivity index (χ0v) is 9.55. The number of nitrogens with zero attached hydrogens (tertiary/aromatic N) is 2. The minimum Gasteiger partial charge on any atom is -0.356 e. The number of Topliss-reactive ketones (excluding diaryl/α,β-unsaturated/α-hetero) is 1. The monoisotopic (exact) mass is 215 g/mol. The Labute approximate surface area is 96.0 Å². The lowest BCUT2D eigenvalue weighted by molar-refractivity contribution is 0.0961. The second kappa shape index (κ2) is 4.39. The fourth-order valence-corrected chi connectivity index (χ4v) is 1.73. The predicted molar refractivity (Wildman–Crippen MR) is 63.4 cm³/mol. The molecule has 1 heterocycles. The van der Waals surface area contributed by atoms with E-state index in [-0.39, 0.29) is 5.78 Å². The van der Waals surface area contributed by atoms with Crippen LogP contribution in [0.2, 0.25) is 0 Å². The molecule has 2 rings (SSSR count). The first-order valence-electron chi connectivity index (χ1n) is 5.26. The zero-order valence-electron chi connectivity index (χ0n) is 9.55. The second-order valence-corrected chi connectivity index (χ2v) is 3.99. The maximum atomic E-state index is 12.0. The van der Waals surface area contributed by atoms with Gasteiger partial charge in [0.25, 0.3) is 0 Å². The Morgan fingerprint density at radius 1 is 1.25 bits per heavy atom.